The minimum Gasteiger partial charge on any atom is -0.0961 e. The molecular weight excluding hydrogens is 120 g/mol. The Morgan fingerprint density at radius 2 is 2.00 bits per heavy atom. The molecule has 0 atom stereocenters. The molecule has 0 unspecified atom stereocenters. The Bertz CT molecular complexity index is 136. The van der Waals surface area contributed by atoms with Crippen LogP contribution in [-0.2, 0) is 0 Å². The highest BCUT2D eigenvalue weighted by Gasteiger charge is 2.10. The fourth-order valence-corrected chi connectivity index (χ4v) is 1.45. The largest absolute Gasteiger partial charge is 0.0961 e. The second-order valence-electron chi connectivity index (χ2n) is 3.25. The van der Waals surface area contributed by atoms with E-state index >= 15 is 0 Å². The van der Waals surface area contributed by atoms with Gasteiger partial charge in [-0.25, -0.2) is 0 Å². The molecule has 0 spiro atoms. The third kappa shape index (κ3) is 2.38. The van der Waals surface area contributed by atoms with Crippen molar-refractivity contribution < 1.29 is 0 Å². The second-order valence-corrected chi connectivity index (χ2v) is 3.25. The molecule has 0 aliphatic heterocycles. The lowest BCUT2D eigenvalue weighted by molar-refractivity contribution is 0.685. The first-order chi connectivity index (χ1) is 4.79. The maximum Gasteiger partial charge on any atom is -0.0230 e. The molecule has 0 aromatic rings. The molecule has 1 rings (SSSR count). The van der Waals surface area contributed by atoms with Crippen molar-refractivity contribution in [2.45, 2.75) is 32.6 Å². The number of hydrogen-bond acceptors (Lipinski definition) is 0. The Labute approximate surface area is 63.6 Å². The van der Waals surface area contributed by atoms with Gasteiger partial charge in [0.1, 0.15) is 0 Å². The van der Waals surface area contributed by atoms with Crippen molar-refractivity contribution >= 4 is 0 Å². The van der Waals surface area contributed by atoms with Gasteiger partial charge in [-0.3, -0.25) is 0 Å². The van der Waals surface area contributed by atoms with E-state index in [-0.39, 0.29) is 0 Å². The summed E-state index contributed by atoms with van der Waals surface area (Å²) in [5, 5.41) is 0. The standard InChI is InChI=1S/C10H16/c1-9(2)7-8-10-5-3-4-6-10/h7-8,10H,1,3-6H2,2H3/b8-7-. The molecule has 0 nitrogen and oxygen atoms in total. The van der Waals surface area contributed by atoms with Gasteiger partial charge in [0.15, 0.2) is 0 Å². The van der Waals surface area contributed by atoms with Crippen LogP contribution in [0.1, 0.15) is 32.6 Å². The van der Waals surface area contributed by atoms with Crippen molar-refractivity contribution in [2.24, 2.45) is 5.92 Å². The predicted molar refractivity (Wildman–Crippen MR) is 45.9 cm³/mol. The van der Waals surface area contributed by atoms with Crippen LogP contribution in [0.15, 0.2) is 24.3 Å². The van der Waals surface area contributed by atoms with Gasteiger partial charge in [-0.15, -0.1) is 0 Å². The summed E-state index contributed by atoms with van der Waals surface area (Å²) in [6.45, 7) is 5.88. The summed E-state index contributed by atoms with van der Waals surface area (Å²) in [5.74, 6) is 0.858. The smallest absolute Gasteiger partial charge is 0.0230 e. The molecule has 0 aromatic carbocycles. The lowest BCUT2D eigenvalue weighted by atomic mass is 10.1. The van der Waals surface area contributed by atoms with Crippen molar-refractivity contribution in [3.63, 3.8) is 0 Å². The van der Waals surface area contributed by atoms with Crippen LogP contribution in [0.5, 0.6) is 0 Å². The van der Waals surface area contributed by atoms with Crippen LogP contribution in [0, 0.1) is 5.92 Å². The fourth-order valence-electron chi connectivity index (χ4n) is 1.45. The van der Waals surface area contributed by atoms with E-state index in [4.69, 9.17) is 0 Å². The fraction of sp³-hybridized carbons (Fsp3) is 0.600. The molecule has 0 N–H and O–H groups in total. The van der Waals surface area contributed by atoms with Crippen LogP contribution >= 0.6 is 0 Å². The molecule has 0 amide bonds. The maximum absolute atomic E-state index is 3.83. The first kappa shape index (κ1) is 7.59. The summed E-state index contributed by atoms with van der Waals surface area (Å²) in [4.78, 5) is 0. The monoisotopic (exact) mass is 136 g/mol. The maximum atomic E-state index is 3.83. The van der Waals surface area contributed by atoms with Crippen molar-refractivity contribution in [3.8, 4) is 0 Å². The van der Waals surface area contributed by atoms with Gasteiger partial charge in [0, 0.05) is 0 Å². The van der Waals surface area contributed by atoms with E-state index in [1.807, 2.05) is 6.92 Å². The van der Waals surface area contributed by atoms with Gasteiger partial charge in [-0.2, -0.15) is 0 Å². The molecule has 0 bridgehead atoms. The number of hydrogen-bond donors (Lipinski definition) is 0. The predicted octanol–water partition coefficient (Wildman–Crippen LogP) is 3.31. The molecule has 1 aliphatic carbocycles. The summed E-state index contributed by atoms with van der Waals surface area (Å²) in [6, 6.07) is 0. The highest BCUT2D eigenvalue weighted by atomic mass is 14.2. The third-order valence-corrected chi connectivity index (χ3v) is 2.05. The van der Waals surface area contributed by atoms with Crippen molar-refractivity contribution in [3.05, 3.63) is 24.3 Å². The summed E-state index contributed by atoms with van der Waals surface area (Å²) in [6.07, 6.45) is 10.1. The van der Waals surface area contributed by atoms with Crippen molar-refractivity contribution in [1.82, 2.24) is 0 Å². The average Bonchev–Trinajstić information content (AvgIpc) is 2.34. The summed E-state index contributed by atoms with van der Waals surface area (Å²) < 4.78 is 0. The third-order valence-electron chi connectivity index (χ3n) is 2.05. The van der Waals surface area contributed by atoms with Gasteiger partial charge in [0.05, 0.1) is 0 Å². The lowest BCUT2D eigenvalue weighted by Crippen LogP contribution is -1.84. The van der Waals surface area contributed by atoms with Crippen LogP contribution in [0.4, 0.5) is 0 Å². The molecule has 1 saturated carbocycles. The van der Waals surface area contributed by atoms with E-state index < -0.39 is 0 Å². The molecule has 10 heavy (non-hydrogen) atoms. The van der Waals surface area contributed by atoms with Gasteiger partial charge in [0.2, 0.25) is 0 Å². The van der Waals surface area contributed by atoms with E-state index in [0.717, 1.165) is 5.92 Å². The van der Waals surface area contributed by atoms with E-state index in [2.05, 4.69) is 18.7 Å². The molecule has 1 fully saturated rings. The molecular formula is C10H16. The Morgan fingerprint density at radius 3 is 2.50 bits per heavy atom. The van der Waals surface area contributed by atoms with E-state index in [9.17, 15) is 0 Å². The highest BCUT2D eigenvalue weighted by molar-refractivity contribution is 5.12. The van der Waals surface area contributed by atoms with Gasteiger partial charge < -0.3 is 0 Å². The van der Waals surface area contributed by atoms with E-state index in [0.29, 0.717) is 0 Å². The first-order valence-electron chi connectivity index (χ1n) is 4.13. The van der Waals surface area contributed by atoms with Crippen LogP contribution in [0.3, 0.4) is 0 Å². The summed E-state index contributed by atoms with van der Waals surface area (Å²) >= 11 is 0. The van der Waals surface area contributed by atoms with Gasteiger partial charge in [0.25, 0.3) is 0 Å². The van der Waals surface area contributed by atoms with Crippen LogP contribution < -0.4 is 0 Å². The molecule has 56 valence electrons. The molecule has 0 radical (unpaired) electrons. The summed E-state index contributed by atoms with van der Waals surface area (Å²) in [5.41, 5.74) is 1.17. The average molecular weight is 136 g/mol. The van der Waals surface area contributed by atoms with Crippen LogP contribution in [0.2, 0.25) is 0 Å². The lowest BCUT2D eigenvalue weighted by Gasteiger charge is -1.98. The van der Waals surface area contributed by atoms with E-state index in [1.165, 1.54) is 31.3 Å². The zero-order valence-corrected chi connectivity index (χ0v) is 6.77. The van der Waals surface area contributed by atoms with Crippen LogP contribution in [0.25, 0.3) is 0 Å². The molecule has 0 aromatic heterocycles. The van der Waals surface area contributed by atoms with Gasteiger partial charge >= 0.3 is 0 Å². The first-order valence-corrected chi connectivity index (χ1v) is 4.13. The normalized spacial score (nSPS) is 20.5. The minimum atomic E-state index is 0.858. The summed E-state index contributed by atoms with van der Waals surface area (Å²) in [7, 11) is 0. The second kappa shape index (κ2) is 3.60. The SMILES string of the molecule is C=C(C)/C=C\C1CCCC1. The van der Waals surface area contributed by atoms with Gasteiger partial charge in [-0.05, 0) is 25.7 Å². The number of allylic oxidation sites excluding steroid dienone is 3. The highest BCUT2D eigenvalue weighted by Crippen LogP contribution is 2.25. The zero-order valence-electron chi connectivity index (χ0n) is 6.77. The Hall–Kier alpha value is -0.520. The Balaban J connectivity index is 2.29. The van der Waals surface area contributed by atoms with Crippen molar-refractivity contribution in [1.29, 1.82) is 0 Å². The van der Waals surface area contributed by atoms with Crippen LogP contribution in [-0.4, -0.2) is 0 Å². The quantitative estimate of drug-likeness (QED) is 0.511. The Kier molecular flexibility index (Phi) is 2.73. The number of rotatable bonds is 2. The molecule has 0 saturated heterocycles. The molecule has 0 heteroatoms. The van der Waals surface area contributed by atoms with Gasteiger partial charge in [-0.1, -0.05) is 37.1 Å². The van der Waals surface area contributed by atoms with E-state index in [1.54, 1.807) is 0 Å². The topological polar surface area (TPSA) is 0 Å². The zero-order chi connectivity index (χ0) is 7.40. The molecule has 1 aliphatic rings. The Morgan fingerprint density at radius 1 is 1.40 bits per heavy atom. The minimum absolute atomic E-state index is 0.858. The van der Waals surface area contributed by atoms with Crippen molar-refractivity contribution in [2.75, 3.05) is 0 Å². The molecule has 0 heterocycles.